The second-order valence-corrected chi connectivity index (χ2v) is 17.4. The van der Waals surface area contributed by atoms with Gasteiger partial charge in [0.15, 0.2) is 0 Å². The third kappa shape index (κ3) is 18.4. The monoisotopic (exact) mass is 880 g/mol. The maximum absolute atomic E-state index is 14.0. The molecule has 0 fully saturated rings. The van der Waals surface area contributed by atoms with Crippen molar-refractivity contribution in [2.24, 2.45) is 5.92 Å². The van der Waals surface area contributed by atoms with Crippen LogP contribution in [0.1, 0.15) is 120 Å². The number of hydrogen-bond acceptors (Lipinski definition) is 9. The Bertz CT molecular complexity index is 1670. The highest BCUT2D eigenvalue weighted by atomic mass is 32.2. The molecule has 60 heavy (non-hydrogen) atoms. The average Bonchev–Trinajstić information content (AvgIpc) is 3.22. The Morgan fingerprint density at radius 2 is 1.55 bits per heavy atom. The molecular formula is C43H63F3N6O6S2. The van der Waals surface area contributed by atoms with Gasteiger partial charge >= 0.3 is 6.18 Å². The lowest BCUT2D eigenvalue weighted by Crippen LogP contribution is -2.59. The molecule has 12 nitrogen and oxygen atoms in total. The molecule has 0 unspecified atom stereocenters. The average molecular weight is 881 g/mol. The summed E-state index contributed by atoms with van der Waals surface area (Å²) in [5, 5.41) is 22.0. The number of nitrogens with one attached hydrogen (secondary N) is 4. The molecule has 5 amide bonds. The van der Waals surface area contributed by atoms with Gasteiger partial charge in [-0.05, 0) is 61.1 Å². The van der Waals surface area contributed by atoms with Crippen LogP contribution >= 0.6 is 23.5 Å². The Morgan fingerprint density at radius 3 is 2.25 bits per heavy atom. The summed E-state index contributed by atoms with van der Waals surface area (Å²) in [7, 11) is 0. The number of aromatic nitrogens is 1. The first-order valence-corrected chi connectivity index (χ1v) is 23.5. The number of alkyl halides is 3. The largest absolute Gasteiger partial charge is 0.416 e. The predicted molar refractivity (Wildman–Crippen MR) is 230 cm³/mol. The summed E-state index contributed by atoms with van der Waals surface area (Å²) in [6, 6.07) is 6.99. The summed E-state index contributed by atoms with van der Waals surface area (Å²) in [6.45, 7) is 6.27. The van der Waals surface area contributed by atoms with E-state index in [4.69, 9.17) is 4.98 Å². The molecule has 0 saturated carbocycles. The topological polar surface area (TPSA) is 170 Å². The fourth-order valence-corrected chi connectivity index (χ4v) is 8.32. The van der Waals surface area contributed by atoms with Gasteiger partial charge in [-0.3, -0.25) is 34.2 Å². The van der Waals surface area contributed by atoms with E-state index in [1.165, 1.54) is 30.0 Å². The molecule has 0 aliphatic carbocycles. The van der Waals surface area contributed by atoms with Gasteiger partial charge in [-0.25, -0.2) is 5.06 Å². The molecule has 3 rings (SSSR count). The summed E-state index contributed by atoms with van der Waals surface area (Å²) in [5.41, 5.74) is 0.604. The molecule has 0 radical (unpaired) electrons. The maximum Gasteiger partial charge on any atom is 0.416 e. The highest BCUT2D eigenvalue weighted by molar-refractivity contribution is 7.98. The number of carbonyl (C=O) groups is 5. The number of amides is 5. The molecule has 1 aromatic heterocycles. The zero-order valence-corrected chi connectivity index (χ0v) is 36.8. The van der Waals surface area contributed by atoms with Crippen molar-refractivity contribution in [2.75, 3.05) is 24.6 Å². The second kappa shape index (κ2) is 27.2. The van der Waals surface area contributed by atoms with Crippen molar-refractivity contribution >= 4 is 53.1 Å². The lowest BCUT2D eigenvalue weighted by atomic mass is 9.95. The minimum Gasteiger partial charge on any atom is -0.354 e. The van der Waals surface area contributed by atoms with Crippen molar-refractivity contribution in [2.45, 2.75) is 140 Å². The minimum absolute atomic E-state index is 0.0115. The van der Waals surface area contributed by atoms with E-state index in [1.807, 2.05) is 25.1 Å². The van der Waals surface area contributed by atoms with Gasteiger partial charge in [0.25, 0.3) is 0 Å². The van der Waals surface area contributed by atoms with Crippen LogP contribution in [0, 0.1) is 5.92 Å². The minimum atomic E-state index is -4.71. The van der Waals surface area contributed by atoms with Crippen molar-refractivity contribution in [1.29, 1.82) is 0 Å². The molecule has 334 valence electrons. The summed E-state index contributed by atoms with van der Waals surface area (Å²) in [5.74, 6) is -0.936. The lowest BCUT2D eigenvalue weighted by Gasteiger charge is -2.29. The van der Waals surface area contributed by atoms with Crippen LogP contribution in [-0.2, 0) is 48.1 Å². The van der Waals surface area contributed by atoms with Gasteiger partial charge in [-0.1, -0.05) is 83.6 Å². The smallest absolute Gasteiger partial charge is 0.354 e. The zero-order chi connectivity index (χ0) is 43.9. The second-order valence-electron chi connectivity index (χ2n) is 15.2. The first-order chi connectivity index (χ1) is 28.7. The molecule has 2 bridgehead atoms. The molecule has 0 saturated heterocycles. The van der Waals surface area contributed by atoms with Gasteiger partial charge in [0.2, 0.25) is 29.5 Å². The van der Waals surface area contributed by atoms with Crippen LogP contribution in [0.2, 0.25) is 0 Å². The Morgan fingerprint density at radius 1 is 0.850 bits per heavy atom. The van der Waals surface area contributed by atoms with E-state index >= 15 is 0 Å². The van der Waals surface area contributed by atoms with Crippen LogP contribution in [-0.4, -0.2) is 87.5 Å². The molecule has 4 atom stereocenters. The molecule has 1 aliphatic rings. The Balaban J connectivity index is 1.82. The summed E-state index contributed by atoms with van der Waals surface area (Å²) >= 11 is 3.15. The summed E-state index contributed by atoms with van der Waals surface area (Å²) < 4.78 is 42.1. The maximum atomic E-state index is 14.0. The van der Waals surface area contributed by atoms with E-state index in [-0.39, 0.29) is 37.3 Å². The predicted octanol–water partition coefficient (Wildman–Crippen LogP) is 6.97. The van der Waals surface area contributed by atoms with Crippen LogP contribution in [0.5, 0.6) is 0 Å². The number of thioether (sulfide) groups is 2. The first-order valence-electron chi connectivity index (χ1n) is 21.2. The van der Waals surface area contributed by atoms with Gasteiger partial charge in [-0.2, -0.15) is 36.7 Å². The lowest BCUT2D eigenvalue weighted by molar-refractivity contribution is -0.165. The fraction of sp³-hybridized carbons (Fsp3) is 0.628. The molecule has 2 aromatic rings. The number of halogens is 3. The SMILES string of the molecule is CCCCCCN(O)C(=O)CCCCC[C@@H]1NC(=O)[C@H]([C@@H](C)CC)NC(=O)[C@H](Cc2ccccc2C(F)(F)F)NC(=O)CCSCc2cccc(n2)CSCCCNC1=O. The Labute approximate surface area is 361 Å². The molecule has 2 heterocycles. The highest BCUT2D eigenvalue weighted by Gasteiger charge is 2.36. The molecule has 1 aromatic carbocycles. The number of benzene rings is 1. The van der Waals surface area contributed by atoms with E-state index in [0.29, 0.717) is 55.9 Å². The Hall–Kier alpha value is -3.83. The number of fused-ring (bicyclic) bond motifs is 2. The van der Waals surface area contributed by atoms with E-state index in [9.17, 15) is 42.4 Å². The van der Waals surface area contributed by atoms with E-state index in [1.54, 1.807) is 18.7 Å². The number of unbranched alkanes of at least 4 members (excludes halogenated alkanes) is 5. The van der Waals surface area contributed by atoms with Crippen LogP contribution in [0.4, 0.5) is 13.2 Å². The quantitative estimate of drug-likeness (QED) is 0.0721. The van der Waals surface area contributed by atoms with E-state index in [0.717, 1.165) is 54.0 Å². The molecule has 0 spiro atoms. The Kier molecular flexibility index (Phi) is 22.9. The van der Waals surface area contributed by atoms with Crippen LogP contribution in [0.25, 0.3) is 0 Å². The molecule has 17 heteroatoms. The van der Waals surface area contributed by atoms with Gasteiger partial charge in [0.1, 0.15) is 18.1 Å². The molecular weight excluding hydrogens is 818 g/mol. The van der Waals surface area contributed by atoms with Gasteiger partial charge in [0, 0.05) is 49.6 Å². The van der Waals surface area contributed by atoms with Crippen molar-refractivity contribution in [1.82, 2.24) is 31.3 Å². The van der Waals surface area contributed by atoms with Crippen molar-refractivity contribution in [3.63, 3.8) is 0 Å². The van der Waals surface area contributed by atoms with Crippen LogP contribution in [0.15, 0.2) is 42.5 Å². The van der Waals surface area contributed by atoms with Gasteiger partial charge < -0.3 is 21.3 Å². The number of hydroxylamine groups is 2. The number of pyridine rings is 1. The molecule has 1 aliphatic heterocycles. The fourth-order valence-electron chi connectivity index (χ4n) is 6.62. The van der Waals surface area contributed by atoms with Crippen molar-refractivity contribution < 1.29 is 42.4 Å². The summed E-state index contributed by atoms with van der Waals surface area (Å²) in [4.78, 5) is 72.1. The number of hydrogen-bond donors (Lipinski definition) is 5. The van der Waals surface area contributed by atoms with Gasteiger partial charge in [-0.15, -0.1) is 0 Å². The number of carbonyl (C=O) groups excluding carboxylic acids is 5. The van der Waals surface area contributed by atoms with Crippen molar-refractivity contribution in [3.8, 4) is 0 Å². The van der Waals surface area contributed by atoms with Crippen LogP contribution < -0.4 is 21.3 Å². The number of rotatable bonds is 15. The third-order valence-electron chi connectivity index (χ3n) is 10.3. The third-order valence-corrected chi connectivity index (χ3v) is 12.4. The summed E-state index contributed by atoms with van der Waals surface area (Å²) in [6.07, 6.45) is 1.47. The molecule has 5 N–H and O–H groups in total. The standard InChI is InChI=1S/C43H63F3N6O6S2/c1-4-6-7-13-24-52(58)38(54)21-10-8-9-20-35-40(55)47-23-15-25-59-28-32-17-14-18-33(48-32)29-60-26-22-37(53)49-36(27-31-16-11-12-19-34(31)43(44,45)46)41(56)51-39(30(3)5-2)42(57)50-35/h11-12,14,16-19,30,35-36,39,58H,4-10,13,15,20-29H2,1-3H3,(H,47,55)(H,49,53)(H,50,57)(H,51,56)/t30-,35-,36-,39-/m0/s1. The van der Waals surface area contributed by atoms with E-state index < -0.39 is 65.8 Å². The van der Waals surface area contributed by atoms with Gasteiger partial charge in [0.05, 0.1) is 17.0 Å². The first kappa shape index (κ1) is 50.5. The normalized spacial score (nSPS) is 19.9. The van der Waals surface area contributed by atoms with E-state index in [2.05, 4.69) is 28.2 Å². The zero-order valence-electron chi connectivity index (χ0n) is 35.1. The van der Waals surface area contributed by atoms with Crippen molar-refractivity contribution in [3.05, 3.63) is 65.0 Å². The van der Waals surface area contributed by atoms with Crippen LogP contribution in [0.3, 0.4) is 0 Å². The number of nitrogens with zero attached hydrogens (tertiary/aromatic N) is 2. The highest BCUT2D eigenvalue weighted by Crippen LogP contribution is 2.32.